The average molecular weight is 210 g/mol. The number of aliphatic hydroxyl groups excluding tert-OH is 1. The zero-order valence-electron chi connectivity index (χ0n) is 7.49. The lowest BCUT2D eigenvalue weighted by molar-refractivity contribution is 0.417. The molecular formula is C10H8ClNO2. The molecule has 1 aromatic carbocycles. The third kappa shape index (κ3) is 1.72. The lowest BCUT2D eigenvalue weighted by Crippen LogP contribution is -1.73. The summed E-state index contributed by atoms with van der Waals surface area (Å²) in [5.41, 5.74) is 1.34. The van der Waals surface area contributed by atoms with Gasteiger partial charge in [-0.3, -0.25) is 0 Å². The first-order valence-corrected chi connectivity index (χ1v) is 4.46. The second-order valence-electron chi connectivity index (χ2n) is 2.95. The molecule has 0 aliphatic heterocycles. The minimum Gasteiger partial charge on any atom is -0.512 e. The van der Waals surface area contributed by atoms with Gasteiger partial charge in [-0.2, -0.15) is 0 Å². The van der Waals surface area contributed by atoms with Crippen LogP contribution < -0.4 is 0 Å². The number of hydrogen-bond acceptors (Lipinski definition) is 3. The lowest BCUT2D eigenvalue weighted by atomic mass is 10.3. The number of halogens is 1. The normalized spacial score (nSPS) is 12.3. The highest BCUT2D eigenvalue weighted by atomic mass is 35.5. The van der Waals surface area contributed by atoms with E-state index in [9.17, 15) is 0 Å². The molecule has 72 valence electrons. The van der Waals surface area contributed by atoms with E-state index in [2.05, 4.69) is 4.98 Å². The Hall–Kier alpha value is -1.48. The molecule has 0 spiro atoms. The van der Waals surface area contributed by atoms with Gasteiger partial charge in [0.05, 0.1) is 5.76 Å². The summed E-state index contributed by atoms with van der Waals surface area (Å²) >= 11 is 5.79. The second kappa shape index (κ2) is 3.35. The highest BCUT2D eigenvalue weighted by molar-refractivity contribution is 6.31. The van der Waals surface area contributed by atoms with Gasteiger partial charge in [0, 0.05) is 11.1 Å². The van der Waals surface area contributed by atoms with Crippen molar-refractivity contribution in [1.29, 1.82) is 0 Å². The van der Waals surface area contributed by atoms with Crippen molar-refractivity contribution in [1.82, 2.24) is 4.98 Å². The number of benzene rings is 1. The van der Waals surface area contributed by atoms with Crippen molar-refractivity contribution in [3.63, 3.8) is 0 Å². The molecule has 14 heavy (non-hydrogen) atoms. The van der Waals surface area contributed by atoms with Crippen LogP contribution in [0, 0.1) is 0 Å². The van der Waals surface area contributed by atoms with Gasteiger partial charge in [0.25, 0.3) is 0 Å². The average Bonchev–Trinajstić information content (AvgIpc) is 2.44. The highest BCUT2D eigenvalue weighted by Gasteiger charge is 2.03. The molecule has 0 saturated carbocycles. The molecule has 0 fully saturated rings. The van der Waals surface area contributed by atoms with E-state index in [1.165, 1.54) is 6.08 Å². The maximum Gasteiger partial charge on any atom is 0.223 e. The Morgan fingerprint density at radius 1 is 1.57 bits per heavy atom. The summed E-state index contributed by atoms with van der Waals surface area (Å²) < 4.78 is 5.33. The van der Waals surface area contributed by atoms with Gasteiger partial charge in [-0.25, -0.2) is 4.98 Å². The molecule has 0 saturated heterocycles. The lowest BCUT2D eigenvalue weighted by Gasteiger charge is -1.85. The molecule has 0 aliphatic rings. The fourth-order valence-electron chi connectivity index (χ4n) is 1.16. The summed E-state index contributed by atoms with van der Waals surface area (Å²) in [7, 11) is 0. The van der Waals surface area contributed by atoms with Crippen molar-refractivity contribution < 1.29 is 9.52 Å². The van der Waals surface area contributed by atoms with Crippen LogP contribution in [0.4, 0.5) is 0 Å². The van der Waals surface area contributed by atoms with E-state index in [-0.39, 0.29) is 5.76 Å². The van der Waals surface area contributed by atoms with E-state index in [4.69, 9.17) is 21.1 Å². The summed E-state index contributed by atoms with van der Waals surface area (Å²) in [5.74, 6) is 0.532. The maximum atomic E-state index is 9.02. The summed E-state index contributed by atoms with van der Waals surface area (Å²) in [4.78, 5) is 4.13. The Kier molecular flexibility index (Phi) is 2.17. The van der Waals surface area contributed by atoms with E-state index in [1.807, 2.05) is 0 Å². The third-order valence-electron chi connectivity index (χ3n) is 1.70. The molecule has 0 atom stereocenters. The fourth-order valence-corrected chi connectivity index (χ4v) is 1.33. The molecule has 4 heteroatoms. The van der Waals surface area contributed by atoms with Gasteiger partial charge in [0.2, 0.25) is 5.89 Å². The molecule has 0 bridgehead atoms. The number of nitrogens with zero attached hydrogens (tertiary/aromatic N) is 1. The summed E-state index contributed by atoms with van der Waals surface area (Å²) in [5, 5.41) is 9.63. The van der Waals surface area contributed by atoms with Crippen LogP contribution in [0.3, 0.4) is 0 Å². The zero-order chi connectivity index (χ0) is 10.1. The SMILES string of the molecule is C/C(O)=C/c1nc2cc(Cl)ccc2o1. The minimum absolute atomic E-state index is 0.155. The van der Waals surface area contributed by atoms with Gasteiger partial charge in [0.15, 0.2) is 5.58 Å². The van der Waals surface area contributed by atoms with Crippen LogP contribution in [0.25, 0.3) is 17.2 Å². The Morgan fingerprint density at radius 2 is 2.36 bits per heavy atom. The molecule has 2 rings (SSSR count). The third-order valence-corrected chi connectivity index (χ3v) is 1.93. The highest BCUT2D eigenvalue weighted by Crippen LogP contribution is 2.20. The molecule has 1 N–H and O–H groups in total. The van der Waals surface area contributed by atoms with Gasteiger partial charge in [-0.1, -0.05) is 11.6 Å². The number of fused-ring (bicyclic) bond motifs is 1. The van der Waals surface area contributed by atoms with Crippen LogP contribution in [0.2, 0.25) is 5.02 Å². The molecule has 3 nitrogen and oxygen atoms in total. The summed E-state index contributed by atoms with van der Waals surface area (Å²) in [6.45, 7) is 1.56. The first-order valence-electron chi connectivity index (χ1n) is 4.08. The van der Waals surface area contributed by atoms with E-state index in [0.717, 1.165) is 0 Å². The maximum absolute atomic E-state index is 9.02. The van der Waals surface area contributed by atoms with Crippen LogP contribution in [0.15, 0.2) is 28.4 Å². The number of allylic oxidation sites excluding steroid dienone is 1. The number of oxazole rings is 1. The van der Waals surface area contributed by atoms with E-state index in [0.29, 0.717) is 22.0 Å². The van der Waals surface area contributed by atoms with Gasteiger partial charge in [-0.05, 0) is 25.1 Å². The van der Waals surface area contributed by atoms with Gasteiger partial charge in [0.1, 0.15) is 5.52 Å². The zero-order valence-corrected chi connectivity index (χ0v) is 8.25. The van der Waals surface area contributed by atoms with Crippen molar-refractivity contribution in [2.45, 2.75) is 6.92 Å². The Labute approximate surface area is 85.6 Å². The van der Waals surface area contributed by atoms with Crippen molar-refractivity contribution in [3.8, 4) is 0 Å². The second-order valence-corrected chi connectivity index (χ2v) is 3.39. The summed E-state index contributed by atoms with van der Waals surface area (Å²) in [6.07, 6.45) is 1.45. The molecule has 1 heterocycles. The number of aromatic nitrogens is 1. The van der Waals surface area contributed by atoms with E-state index in [1.54, 1.807) is 25.1 Å². The molecular weight excluding hydrogens is 202 g/mol. The smallest absolute Gasteiger partial charge is 0.223 e. The topological polar surface area (TPSA) is 46.3 Å². The van der Waals surface area contributed by atoms with Crippen LogP contribution in [0.1, 0.15) is 12.8 Å². The van der Waals surface area contributed by atoms with Gasteiger partial charge >= 0.3 is 0 Å². The Balaban J connectivity index is 2.57. The van der Waals surface area contributed by atoms with Gasteiger partial charge < -0.3 is 9.52 Å². The number of hydrogen-bond donors (Lipinski definition) is 1. The quantitative estimate of drug-likeness (QED) is 0.733. The van der Waals surface area contributed by atoms with Crippen molar-refractivity contribution in [2.24, 2.45) is 0 Å². The van der Waals surface area contributed by atoms with E-state index >= 15 is 0 Å². The minimum atomic E-state index is 0.155. The number of aliphatic hydroxyl groups is 1. The van der Waals surface area contributed by atoms with Crippen molar-refractivity contribution in [2.75, 3.05) is 0 Å². The van der Waals surface area contributed by atoms with Crippen molar-refractivity contribution in [3.05, 3.63) is 34.9 Å². The largest absolute Gasteiger partial charge is 0.512 e. The Bertz CT molecular complexity index is 498. The first kappa shape index (κ1) is 9.09. The monoisotopic (exact) mass is 209 g/mol. The molecule has 1 aromatic heterocycles. The molecule has 0 aliphatic carbocycles. The fraction of sp³-hybridized carbons (Fsp3) is 0.100. The van der Waals surface area contributed by atoms with Gasteiger partial charge in [-0.15, -0.1) is 0 Å². The van der Waals surface area contributed by atoms with Crippen molar-refractivity contribution >= 4 is 28.8 Å². The Morgan fingerprint density at radius 3 is 3.07 bits per heavy atom. The molecule has 0 amide bonds. The molecule has 0 radical (unpaired) electrons. The van der Waals surface area contributed by atoms with Crippen LogP contribution in [-0.2, 0) is 0 Å². The van der Waals surface area contributed by atoms with E-state index < -0.39 is 0 Å². The van der Waals surface area contributed by atoms with Crippen LogP contribution in [-0.4, -0.2) is 10.1 Å². The van der Waals surface area contributed by atoms with Crippen LogP contribution in [0.5, 0.6) is 0 Å². The first-order chi connectivity index (χ1) is 6.65. The number of rotatable bonds is 1. The predicted octanol–water partition coefficient (Wildman–Crippen LogP) is 3.40. The standard InChI is InChI=1S/C10H8ClNO2/c1-6(13)4-10-12-8-5-7(11)2-3-9(8)14-10/h2-5,13H,1H3/b6-4-. The van der Waals surface area contributed by atoms with Crippen LogP contribution >= 0.6 is 11.6 Å². The predicted molar refractivity (Wildman–Crippen MR) is 55.3 cm³/mol. The summed E-state index contributed by atoms with van der Waals surface area (Å²) in [6, 6.07) is 5.19. The molecule has 2 aromatic rings. The molecule has 0 unspecified atom stereocenters.